The van der Waals surface area contributed by atoms with Gasteiger partial charge in [0.25, 0.3) is 0 Å². The van der Waals surface area contributed by atoms with Crippen LogP contribution in [0.2, 0.25) is 5.02 Å². The molecule has 0 aliphatic heterocycles. The molecule has 0 spiro atoms. The average Bonchev–Trinajstić information content (AvgIpc) is 2.78. The van der Waals surface area contributed by atoms with E-state index in [1.54, 1.807) is 55.7 Å². The number of rotatable bonds is 8. The molecule has 31 heavy (non-hydrogen) atoms. The highest BCUT2D eigenvalue weighted by atomic mass is 35.5. The molecule has 7 heteroatoms. The van der Waals surface area contributed by atoms with Crippen molar-refractivity contribution in [1.82, 2.24) is 15.2 Å². The molecule has 1 unspecified atom stereocenters. The molecule has 0 aliphatic carbocycles. The van der Waals surface area contributed by atoms with Gasteiger partial charge in [-0.05, 0) is 60.0 Å². The number of hydrogen-bond donors (Lipinski definition) is 1. The number of carbonyl (C=O) groups excluding carboxylic acids is 2. The maximum absolute atomic E-state index is 13.3. The molecule has 1 N–H and O–H groups in total. The van der Waals surface area contributed by atoms with Crippen LogP contribution in [0, 0.1) is 5.82 Å². The van der Waals surface area contributed by atoms with Crippen molar-refractivity contribution in [2.24, 2.45) is 0 Å². The van der Waals surface area contributed by atoms with E-state index in [-0.39, 0.29) is 30.6 Å². The topological polar surface area (TPSA) is 62.3 Å². The quantitative estimate of drug-likeness (QED) is 0.573. The minimum atomic E-state index is -0.716. The molecule has 0 saturated heterocycles. The molecule has 3 aromatic rings. The Morgan fingerprint density at radius 2 is 1.58 bits per heavy atom. The van der Waals surface area contributed by atoms with Crippen molar-refractivity contribution in [2.75, 3.05) is 0 Å². The predicted molar refractivity (Wildman–Crippen MR) is 118 cm³/mol. The highest BCUT2D eigenvalue weighted by Crippen LogP contribution is 2.15. The number of pyridine rings is 1. The van der Waals surface area contributed by atoms with Gasteiger partial charge in [-0.1, -0.05) is 35.9 Å². The van der Waals surface area contributed by atoms with E-state index in [0.29, 0.717) is 11.6 Å². The van der Waals surface area contributed by atoms with Crippen LogP contribution >= 0.6 is 11.6 Å². The zero-order valence-electron chi connectivity index (χ0n) is 17.1. The summed E-state index contributed by atoms with van der Waals surface area (Å²) >= 11 is 5.93. The number of benzene rings is 2. The molecule has 2 aromatic carbocycles. The molecule has 0 bridgehead atoms. The van der Waals surface area contributed by atoms with Crippen molar-refractivity contribution in [1.29, 1.82) is 0 Å². The van der Waals surface area contributed by atoms with Crippen LogP contribution in [0.3, 0.4) is 0 Å². The van der Waals surface area contributed by atoms with Crippen LogP contribution in [-0.4, -0.2) is 27.7 Å². The molecule has 2 amide bonds. The molecule has 0 fully saturated rings. The Balaban J connectivity index is 1.74. The molecule has 160 valence electrons. The van der Waals surface area contributed by atoms with Gasteiger partial charge in [0.2, 0.25) is 11.8 Å². The first kappa shape index (κ1) is 22.4. The lowest BCUT2D eigenvalue weighted by Gasteiger charge is -2.29. The maximum Gasteiger partial charge on any atom is 0.242 e. The Bertz CT molecular complexity index is 1010. The van der Waals surface area contributed by atoms with Crippen molar-refractivity contribution in [3.8, 4) is 0 Å². The normalized spacial score (nSPS) is 11.6. The minimum absolute atomic E-state index is 0.125. The Kier molecular flexibility index (Phi) is 7.73. The first-order valence-electron chi connectivity index (χ1n) is 9.87. The molecule has 5 nitrogen and oxygen atoms in total. The van der Waals surface area contributed by atoms with Gasteiger partial charge in [0.15, 0.2) is 0 Å². The molecule has 1 heterocycles. The molecule has 0 radical (unpaired) electrons. The average molecular weight is 440 g/mol. The molecular formula is C24H23ClFN3O2. The van der Waals surface area contributed by atoms with Crippen LogP contribution in [0.1, 0.15) is 23.6 Å². The number of halogens is 2. The molecule has 3 rings (SSSR count). The van der Waals surface area contributed by atoms with Gasteiger partial charge in [0.1, 0.15) is 11.9 Å². The Morgan fingerprint density at radius 3 is 2.23 bits per heavy atom. The van der Waals surface area contributed by atoms with Crippen LogP contribution in [0.4, 0.5) is 4.39 Å². The van der Waals surface area contributed by atoms with E-state index in [1.165, 1.54) is 17.0 Å². The lowest BCUT2D eigenvalue weighted by molar-refractivity contribution is -0.140. The first-order chi connectivity index (χ1) is 14.9. The molecule has 1 aromatic heterocycles. The number of nitrogens with zero attached hydrogens (tertiary/aromatic N) is 2. The lowest BCUT2D eigenvalue weighted by atomic mass is 10.1. The highest BCUT2D eigenvalue weighted by Gasteiger charge is 2.26. The minimum Gasteiger partial charge on any atom is -0.350 e. The fourth-order valence-electron chi connectivity index (χ4n) is 3.09. The third kappa shape index (κ3) is 6.62. The fourth-order valence-corrected chi connectivity index (χ4v) is 3.21. The largest absolute Gasteiger partial charge is 0.350 e. The van der Waals surface area contributed by atoms with E-state index in [0.717, 1.165) is 16.7 Å². The summed E-state index contributed by atoms with van der Waals surface area (Å²) in [7, 11) is 0. The van der Waals surface area contributed by atoms with Crippen molar-refractivity contribution >= 4 is 23.4 Å². The van der Waals surface area contributed by atoms with Gasteiger partial charge in [-0.25, -0.2) is 4.39 Å². The summed E-state index contributed by atoms with van der Waals surface area (Å²) in [5, 5.41) is 3.45. The van der Waals surface area contributed by atoms with Crippen LogP contribution in [0.5, 0.6) is 0 Å². The highest BCUT2D eigenvalue weighted by molar-refractivity contribution is 6.30. The van der Waals surface area contributed by atoms with Gasteiger partial charge in [-0.3, -0.25) is 14.6 Å². The summed E-state index contributed by atoms with van der Waals surface area (Å²) in [5.41, 5.74) is 2.44. The second-order valence-electron chi connectivity index (χ2n) is 7.20. The number of nitrogens with one attached hydrogen (secondary N) is 1. The second kappa shape index (κ2) is 10.7. The predicted octanol–water partition coefficient (Wildman–Crippen LogP) is 4.15. The monoisotopic (exact) mass is 439 g/mol. The maximum atomic E-state index is 13.3. The number of aromatic nitrogens is 1. The molecule has 0 saturated carbocycles. The molecule has 1 atom stereocenters. The fraction of sp³-hybridized carbons (Fsp3) is 0.208. The number of amides is 2. The number of hydrogen-bond acceptors (Lipinski definition) is 3. The van der Waals surface area contributed by atoms with Crippen LogP contribution in [0.25, 0.3) is 0 Å². The third-order valence-electron chi connectivity index (χ3n) is 4.92. The van der Waals surface area contributed by atoms with Gasteiger partial charge in [0.05, 0.1) is 6.42 Å². The summed E-state index contributed by atoms with van der Waals surface area (Å²) in [6.07, 6.45) is 3.43. The summed E-state index contributed by atoms with van der Waals surface area (Å²) < 4.78 is 13.3. The first-order valence-corrected chi connectivity index (χ1v) is 10.2. The second-order valence-corrected chi connectivity index (χ2v) is 7.64. The van der Waals surface area contributed by atoms with E-state index < -0.39 is 6.04 Å². The summed E-state index contributed by atoms with van der Waals surface area (Å²) in [5.74, 6) is -0.840. The van der Waals surface area contributed by atoms with Crippen molar-refractivity contribution in [3.63, 3.8) is 0 Å². The van der Waals surface area contributed by atoms with Crippen molar-refractivity contribution < 1.29 is 14.0 Å². The van der Waals surface area contributed by atoms with Crippen molar-refractivity contribution in [2.45, 2.75) is 32.5 Å². The Hall–Kier alpha value is -3.25. The van der Waals surface area contributed by atoms with Gasteiger partial charge in [-0.2, -0.15) is 0 Å². The molecular weight excluding hydrogens is 417 g/mol. The number of carbonyl (C=O) groups is 2. The summed E-state index contributed by atoms with van der Waals surface area (Å²) in [6.45, 7) is 2.21. The van der Waals surface area contributed by atoms with E-state index in [2.05, 4.69) is 10.3 Å². The van der Waals surface area contributed by atoms with E-state index in [1.807, 2.05) is 12.1 Å². The van der Waals surface area contributed by atoms with E-state index in [9.17, 15) is 14.0 Å². The zero-order chi connectivity index (χ0) is 22.2. The lowest BCUT2D eigenvalue weighted by Crippen LogP contribution is -2.48. The zero-order valence-corrected chi connectivity index (χ0v) is 17.8. The molecule has 0 aliphatic rings. The summed E-state index contributed by atoms with van der Waals surface area (Å²) in [6, 6.07) is 15.8. The SMILES string of the molecule is CC(C(=O)NCc1ccncc1)N(Cc1ccc(F)cc1)C(=O)Cc1ccc(Cl)cc1. The Morgan fingerprint density at radius 1 is 0.968 bits per heavy atom. The standard InChI is InChI=1S/C24H23ClFN3O2/c1-17(24(31)28-15-19-10-12-27-13-11-19)29(16-20-4-8-22(26)9-5-20)23(30)14-18-2-6-21(25)7-3-18/h2-13,17H,14-16H2,1H3,(H,28,31). The van der Waals surface area contributed by atoms with Gasteiger partial charge >= 0.3 is 0 Å². The summed E-state index contributed by atoms with van der Waals surface area (Å²) in [4.78, 5) is 31.4. The van der Waals surface area contributed by atoms with Gasteiger partial charge < -0.3 is 10.2 Å². The van der Waals surface area contributed by atoms with Crippen LogP contribution in [0.15, 0.2) is 73.1 Å². The third-order valence-corrected chi connectivity index (χ3v) is 5.17. The Labute approximate surface area is 185 Å². The van der Waals surface area contributed by atoms with E-state index in [4.69, 9.17) is 11.6 Å². The van der Waals surface area contributed by atoms with Gasteiger partial charge in [0, 0.05) is 30.5 Å². The van der Waals surface area contributed by atoms with Gasteiger partial charge in [-0.15, -0.1) is 0 Å². The smallest absolute Gasteiger partial charge is 0.242 e. The van der Waals surface area contributed by atoms with E-state index >= 15 is 0 Å². The van der Waals surface area contributed by atoms with Crippen molar-refractivity contribution in [3.05, 3.63) is 101 Å². The van der Waals surface area contributed by atoms with Crippen LogP contribution in [-0.2, 0) is 29.1 Å². The van der Waals surface area contributed by atoms with Crippen LogP contribution < -0.4 is 5.32 Å².